The number of amides is 2. The number of likely N-dealkylation sites (N-methyl/N-ethyl adjacent to an activating group) is 1. The van der Waals surface area contributed by atoms with Crippen molar-refractivity contribution < 1.29 is 33.4 Å². The Hall–Kier alpha value is -6.43. The third-order valence-corrected chi connectivity index (χ3v) is 11.3. The Morgan fingerprint density at radius 3 is 2.19 bits per heavy atom. The van der Waals surface area contributed by atoms with E-state index in [1.807, 2.05) is 50.2 Å². The number of hydrogen-bond acceptors (Lipinski definition) is 13. The molecular weight excluding hydrogens is 869 g/mol. The zero-order valence-corrected chi connectivity index (χ0v) is 39.9. The Kier molecular flexibility index (Phi) is 20.2. The highest BCUT2D eigenvalue weighted by atomic mass is 32.1. The standard InChI is InChI=1S/C51H60N8O7.H2S/c1-31(2)8-9-34-10-13-36(14-11-34)49-56-30-41(33(4)57-49)44(61)29-38(18-20-53)51(64)59(5)48-37-15-17-47(66-24-22-55)40(28-37)39-26-35(12-16-46(39)65-23-21-54)27-42(43(60)7-6-19-52)58-50(63)32(3)25-45(48)62;/h10-17,26,28,30-32,38,42,48H,6-7,18,20-25,27,29,53-55H2,1-5H3,(H,58,63);1H2/t32-,38-,42+,48+;/m1./s1. The topological polar surface area (TPSA) is 247 Å². The van der Waals surface area contributed by atoms with Gasteiger partial charge in [0.1, 0.15) is 30.8 Å². The van der Waals surface area contributed by atoms with E-state index in [0.717, 1.165) is 11.1 Å². The number of ether oxygens (including phenoxy) is 2. The fraction of sp³-hybridized carbons (Fsp3) is 0.412. The number of nitriles is 1. The molecule has 15 nitrogen and oxygen atoms in total. The third kappa shape index (κ3) is 14.0. The summed E-state index contributed by atoms with van der Waals surface area (Å²) < 4.78 is 12.2. The van der Waals surface area contributed by atoms with E-state index in [1.54, 1.807) is 44.2 Å². The molecule has 0 unspecified atom stereocenters. The molecule has 2 amide bonds. The highest BCUT2D eigenvalue weighted by Gasteiger charge is 2.36. The van der Waals surface area contributed by atoms with Gasteiger partial charge in [-0.3, -0.25) is 24.0 Å². The smallest absolute Gasteiger partial charge is 0.226 e. The lowest BCUT2D eigenvalue weighted by atomic mass is 9.88. The summed E-state index contributed by atoms with van der Waals surface area (Å²) in [6, 6.07) is 17.7. The van der Waals surface area contributed by atoms with E-state index in [-0.39, 0.29) is 108 Å². The molecule has 0 saturated heterocycles. The third-order valence-electron chi connectivity index (χ3n) is 11.3. The lowest BCUT2D eigenvalue weighted by Crippen LogP contribution is -2.46. The molecule has 5 rings (SSSR count). The number of aryl methyl sites for hydroxylation is 1. The van der Waals surface area contributed by atoms with Gasteiger partial charge in [-0.2, -0.15) is 18.8 Å². The maximum Gasteiger partial charge on any atom is 0.226 e. The van der Waals surface area contributed by atoms with Gasteiger partial charge in [-0.1, -0.05) is 44.7 Å². The first-order chi connectivity index (χ1) is 31.7. The second kappa shape index (κ2) is 25.5. The fourth-order valence-electron chi connectivity index (χ4n) is 7.79. The molecule has 0 spiro atoms. The first kappa shape index (κ1) is 53.2. The van der Waals surface area contributed by atoms with Gasteiger partial charge in [0.15, 0.2) is 23.2 Å². The van der Waals surface area contributed by atoms with E-state index in [9.17, 15) is 29.2 Å². The van der Waals surface area contributed by atoms with E-state index >= 15 is 0 Å². The van der Waals surface area contributed by atoms with Crippen molar-refractivity contribution in [2.24, 2.45) is 35.0 Å². The van der Waals surface area contributed by atoms with E-state index in [2.05, 4.69) is 27.1 Å². The van der Waals surface area contributed by atoms with E-state index in [4.69, 9.17) is 26.7 Å². The summed E-state index contributed by atoms with van der Waals surface area (Å²) >= 11 is 0. The summed E-state index contributed by atoms with van der Waals surface area (Å²) in [7, 11) is 1.49. The molecule has 3 aromatic carbocycles. The monoisotopic (exact) mass is 930 g/mol. The number of nitrogens with zero attached hydrogens (tertiary/aromatic N) is 4. The number of benzene rings is 3. The van der Waals surface area contributed by atoms with Gasteiger partial charge in [0.2, 0.25) is 11.8 Å². The van der Waals surface area contributed by atoms with Crippen LogP contribution in [0.5, 0.6) is 11.5 Å². The van der Waals surface area contributed by atoms with Crippen LogP contribution in [-0.4, -0.2) is 90.0 Å². The summed E-state index contributed by atoms with van der Waals surface area (Å²) in [5.74, 6) is 3.71. The molecule has 0 aliphatic carbocycles. The number of carbonyl (C=O) groups is 5. The highest BCUT2D eigenvalue weighted by molar-refractivity contribution is 7.59. The lowest BCUT2D eigenvalue weighted by molar-refractivity contribution is -0.142. The summed E-state index contributed by atoms with van der Waals surface area (Å²) in [5.41, 5.74) is 22.2. The lowest BCUT2D eigenvalue weighted by Gasteiger charge is -2.32. The van der Waals surface area contributed by atoms with Gasteiger partial charge in [0.25, 0.3) is 0 Å². The van der Waals surface area contributed by atoms with Crippen LogP contribution in [-0.2, 0) is 25.6 Å². The second-order valence-corrected chi connectivity index (χ2v) is 16.8. The Labute approximate surface area is 400 Å². The Balaban J connectivity index is 0.00000980. The van der Waals surface area contributed by atoms with Crippen LogP contribution < -0.4 is 32.0 Å². The molecule has 1 aliphatic heterocycles. The van der Waals surface area contributed by atoms with Crippen molar-refractivity contribution in [3.8, 4) is 51.9 Å². The van der Waals surface area contributed by atoms with Crippen molar-refractivity contribution in [3.63, 3.8) is 0 Å². The van der Waals surface area contributed by atoms with Crippen LogP contribution in [0.25, 0.3) is 22.5 Å². The van der Waals surface area contributed by atoms with Gasteiger partial charge in [-0.05, 0) is 86.0 Å². The first-order valence-corrected chi connectivity index (χ1v) is 22.3. The number of fused-ring (bicyclic) bond motifs is 5. The molecule has 4 atom stereocenters. The number of carbonyl (C=O) groups excluding carboxylic acids is 5. The fourth-order valence-corrected chi connectivity index (χ4v) is 7.79. The number of hydrogen-bond donors (Lipinski definition) is 4. The normalized spacial score (nSPS) is 16.2. The molecule has 1 aliphatic rings. The van der Waals surface area contributed by atoms with E-state index < -0.39 is 41.5 Å². The zero-order chi connectivity index (χ0) is 47.9. The minimum absolute atomic E-state index is 0. The Morgan fingerprint density at radius 2 is 1.58 bits per heavy atom. The Bertz CT molecular complexity index is 2510. The predicted molar refractivity (Wildman–Crippen MR) is 261 cm³/mol. The molecular formula is C51H62N8O7S. The number of rotatable bonds is 17. The van der Waals surface area contributed by atoms with Crippen LogP contribution in [0.1, 0.15) is 91.7 Å². The van der Waals surface area contributed by atoms with E-state index in [0.29, 0.717) is 45.3 Å². The SMILES string of the molecule is Cc1nc(-c2ccc(C#CC(C)C)cc2)ncc1C(=O)C[C@@H](CCN)C(=O)N(C)[C@@H]1C(=O)C[C@@H](C)C(=O)N[C@H](C(=O)CCC#N)Cc2ccc(OCCN)c(c2)-c2cc1ccc2OCCN.S. The minimum Gasteiger partial charge on any atom is -0.492 e. The van der Waals surface area contributed by atoms with Gasteiger partial charge < -0.3 is 36.9 Å². The number of aromatic nitrogens is 2. The van der Waals surface area contributed by atoms with Crippen molar-refractivity contribution in [2.45, 2.75) is 78.3 Å². The Morgan fingerprint density at radius 1 is 0.925 bits per heavy atom. The molecule has 0 fully saturated rings. The van der Waals surface area contributed by atoms with Crippen LogP contribution in [0, 0.1) is 47.8 Å². The number of ketones is 3. The van der Waals surface area contributed by atoms with Crippen molar-refractivity contribution in [3.05, 3.63) is 94.8 Å². The van der Waals surface area contributed by atoms with Crippen LogP contribution >= 0.6 is 13.5 Å². The van der Waals surface area contributed by atoms with Crippen LogP contribution in [0.2, 0.25) is 0 Å². The molecule has 2 heterocycles. The predicted octanol–water partition coefficient (Wildman–Crippen LogP) is 5.16. The number of nitrogens with two attached hydrogens (primary N) is 3. The minimum atomic E-state index is -1.25. The quantitative estimate of drug-likeness (QED) is 0.0791. The maximum atomic E-state index is 14.7. The van der Waals surface area contributed by atoms with E-state index in [1.165, 1.54) is 18.1 Å². The summed E-state index contributed by atoms with van der Waals surface area (Å²) in [6.07, 6.45) is 1.03. The molecule has 4 bridgehead atoms. The highest BCUT2D eigenvalue weighted by Crippen LogP contribution is 2.41. The maximum absolute atomic E-state index is 14.7. The second-order valence-electron chi connectivity index (χ2n) is 16.8. The summed E-state index contributed by atoms with van der Waals surface area (Å²) in [6.45, 7) is 8.17. The first-order valence-electron chi connectivity index (χ1n) is 22.3. The van der Waals surface area contributed by atoms with Gasteiger partial charge in [0, 0.05) is 92.0 Å². The van der Waals surface area contributed by atoms with Crippen molar-refractivity contribution >= 4 is 42.7 Å². The summed E-state index contributed by atoms with van der Waals surface area (Å²) in [5, 5.41) is 12.1. The molecule has 354 valence electrons. The average molecular weight is 931 g/mol. The van der Waals surface area contributed by atoms with Gasteiger partial charge in [-0.15, -0.1) is 0 Å². The zero-order valence-electron chi connectivity index (χ0n) is 38.9. The molecule has 1 aromatic heterocycles. The summed E-state index contributed by atoms with van der Waals surface area (Å²) in [4.78, 5) is 81.2. The number of Topliss-reactive ketones (excluding diaryl/α,β-unsaturated/α-hetero) is 3. The van der Waals surface area contributed by atoms with Crippen molar-refractivity contribution in [1.82, 2.24) is 20.2 Å². The van der Waals surface area contributed by atoms with Crippen LogP contribution in [0.4, 0.5) is 0 Å². The molecule has 4 aromatic rings. The average Bonchev–Trinajstić information content (AvgIpc) is 3.30. The molecule has 0 radical (unpaired) electrons. The van der Waals surface area contributed by atoms with Crippen LogP contribution in [0.3, 0.4) is 0 Å². The van der Waals surface area contributed by atoms with Crippen molar-refractivity contribution in [1.29, 1.82) is 5.26 Å². The van der Waals surface area contributed by atoms with Crippen LogP contribution in [0.15, 0.2) is 66.9 Å². The number of nitrogens with one attached hydrogen (secondary N) is 1. The van der Waals surface area contributed by atoms with Gasteiger partial charge in [0.05, 0.1) is 23.4 Å². The molecule has 67 heavy (non-hydrogen) atoms. The van der Waals surface area contributed by atoms with Crippen molar-refractivity contribution in [2.75, 3.05) is 39.9 Å². The van der Waals surface area contributed by atoms with Gasteiger partial charge >= 0.3 is 0 Å². The molecule has 16 heteroatoms. The molecule has 7 N–H and O–H groups in total. The molecule has 0 saturated carbocycles. The van der Waals surface area contributed by atoms with Gasteiger partial charge in [-0.25, -0.2) is 9.97 Å². The largest absolute Gasteiger partial charge is 0.492 e.